The number of fused-ring (bicyclic) bond motifs is 1. The number of halogens is 1. The molecule has 1 aromatic carbocycles. The van der Waals surface area contributed by atoms with Crippen molar-refractivity contribution in [1.82, 2.24) is 4.98 Å². The summed E-state index contributed by atoms with van der Waals surface area (Å²) in [6.07, 6.45) is 1.84. The molecule has 4 heteroatoms. The Balaban J connectivity index is 1.80. The van der Waals surface area contributed by atoms with Gasteiger partial charge in [-0.25, -0.2) is 4.98 Å². The zero-order chi connectivity index (χ0) is 13.2. The Labute approximate surface area is 124 Å². The van der Waals surface area contributed by atoms with Crippen molar-refractivity contribution in [2.45, 2.75) is 13.5 Å². The van der Waals surface area contributed by atoms with E-state index in [1.165, 1.54) is 21.2 Å². The van der Waals surface area contributed by atoms with Gasteiger partial charge in [-0.3, -0.25) is 0 Å². The van der Waals surface area contributed by atoms with Crippen LogP contribution >= 0.6 is 27.3 Å². The van der Waals surface area contributed by atoms with E-state index < -0.39 is 0 Å². The smallest absolute Gasteiger partial charge is 0.126 e. The first-order valence-electron chi connectivity index (χ1n) is 6.05. The largest absolute Gasteiger partial charge is 0.366 e. The average Bonchev–Trinajstić information content (AvgIpc) is 2.83. The summed E-state index contributed by atoms with van der Waals surface area (Å²) < 4.78 is 2.37. The van der Waals surface area contributed by atoms with Gasteiger partial charge in [-0.2, -0.15) is 0 Å². The topological polar surface area (TPSA) is 24.9 Å². The van der Waals surface area contributed by atoms with Gasteiger partial charge in [-0.1, -0.05) is 18.2 Å². The van der Waals surface area contributed by atoms with Crippen LogP contribution in [0.2, 0.25) is 0 Å². The van der Waals surface area contributed by atoms with Crippen LogP contribution in [0.5, 0.6) is 0 Å². The Kier molecular flexibility index (Phi) is 3.53. The third kappa shape index (κ3) is 2.65. The molecule has 2 heterocycles. The fourth-order valence-corrected chi connectivity index (χ4v) is 3.17. The van der Waals surface area contributed by atoms with Crippen molar-refractivity contribution in [3.05, 3.63) is 57.5 Å². The van der Waals surface area contributed by atoms with Crippen LogP contribution in [-0.4, -0.2) is 4.98 Å². The van der Waals surface area contributed by atoms with E-state index in [0.29, 0.717) is 0 Å². The van der Waals surface area contributed by atoms with Crippen molar-refractivity contribution in [3.8, 4) is 0 Å². The molecule has 0 aliphatic heterocycles. The van der Waals surface area contributed by atoms with E-state index in [-0.39, 0.29) is 0 Å². The summed E-state index contributed by atoms with van der Waals surface area (Å²) in [5, 5.41) is 6.92. The second-order valence-electron chi connectivity index (χ2n) is 4.43. The fraction of sp³-hybridized carbons (Fsp3) is 0.133. The molecule has 0 spiro atoms. The first kappa shape index (κ1) is 12.6. The Bertz CT molecular complexity index is 721. The molecule has 0 amide bonds. The minimum absolute atomic E-state index is 0.804. The van der Waals surface area contributed by atoms with Gasteiger partial charge in [0.1, 0.15) is 5.82 Å². The van der Waals surface area contributed by atoms with E-state index in [0.717, 1.165) is 16.8 Å². The Hall–Kier alpha value is -1.39. The second-order valence-corrected chi connectivity index (χ2v) is 6.19. The van der Waals surface area contributed by atoms with Gasteiger partial charge in [0.05, 0.1) is 0 Å². The standard InChI is InChI=1S/C15H13BrN2S/c1-10-6-15(18-8-13(10)16)17-7-11-9-19-14-5-3-2-4-12(11)14/h2-6,8-9H,7H2,1H3,(H,17,18). The number of anilines is 1. The minimum atomic E-state index is 0.804. The maximum absolute atomic E-state index is 4.36. The van der Waals surface area contributed by atoms with Crippen LogP contribution < -0.4 is 5.32 Å². The minimum Gasteiger partial charge on any atom is -0.366 e. The SMILES string of the molecule is Cc1cc(NCc2csc3ccccc23)ncc1Br. The van der Waals surface area contributed by atoms with Crippen molar-refractivity contribution in [3.63, 3.8) is 0 Å². The van der Waals surface area contributed by atoms with Crippen molar-refractivity contribution in [1.29, 1.82) is 0 Å². The van der Waals surface area contributed by atoms with Gasteiger partial charge in [0.2, 0.25) is 0 Å². The van der Waals surface area contributed by atoms with Crippen LogP contribution in [-0.2, 0) is 6.54 Å². The van der Waals surface area contributed by atoms with Gasteiger partial charge in [0, 0.05) is 21.9 Å². The quantitative estimate of drug-likeness (QED) is 0.731. The summed E-state index contributed by atoms with van der Waals surface area (Å²) >= 11 is 5.25. The van der Waals surface area contributed by atoms with Crippen molar-refractivity contribution < 1.29 is 0 Å². The highest BCUT2D eigenvalue weighted by Crippen LogP contribution is 2.26. The highest BCUT2D eigenvalue weighted by atomic mass is 79.9. The van der Waals surface area contributed by atoms with E-state index >= 15 is 0 Å². The number of hydrogen-bond donors (Lipinski definition) is 1. The molecule has 1 N–H and O–H groups in total. The molecule has 19 heavy (non-hydrogen) atoms. The summed E-state index contributed by atoms with van der Waals surface area (Å²) in [4.78, 5) is 4.36. The van der Waals surface area contributed by atoms with Crippen molar-refractivity contribution >= 4 is 43.2 Å². The fourth-order valence-electron chi connectivity index (χ4n) is 1.99. The molecule has 0 radical (unpaired) electrons. The molecule has 0 aliphatic rings. The molecule has 2 aromatic heterocycles. The van der Waals surface area contributed by atoms with Crippen molar-refractivity contribution in [2.75, 3.05) is 5.32 Å². The van der Waals surface area contributed by atoms with Gasteiger partial charge < -0.3 is 5.32 Å². The third-order valence-electron chi connectivity index (χ3n) is 3.07. The molecule has 0 aliphatic carbocycles. The zero-order valence-corrected chi connectivity index (χ0v) is 12.9. The number of nitrogens with zero attached hydrogens (tertiary/aromatic N) is 1. The van der Waals surface area contributed by atoms with Gasteiger partial charge in [0.25, 0.3) is 0 Å². The molecule has 0 unspecified atom stereocenters. The van der Waals surface area contributed by atoms with Crippen LogP contribution in [0, 0.1) is 6.92 Å². The zero-order valence-electron chi connectivity index (χ0n) is 10.5. The molecular weight excluding hydrogens is 320 g/mol. The van der Waals surface area contributed by atoms with E-state index in [1.807, 2.05) is 6.20 Å². The van der Waals surface area contributed by atoms with Crippen LogP contribution in [0.1, 0.15) is 11.1 Å². The summed E-state index contributed by atoms with van der Waals surface area (Å²) in [5.74, 6) is 0.913. The van der Waals surface area contributed by atoms with Crippen LogP contribution in [0.15, 0.2) is 46.4 Å². The molecule has 96 valence electrons. The number of aromatic nitrogens is 1. The number of hydrogen-bond acceptors (Lipinski definition) is 3. The molecular formula is C15H13BrN2S. The summed E-state index contributed by atoms with van der Waals surface area (Å²) in [6, 6.07) is 10.5. The number of rotatable bonds is 3. The van der Waals surface area contributed by atoms with E-state index in [2.05, 4.69) is 68.9 Å². The van der Waals surface area contributed by atoms with Crippen LogP contribution in [0.3, 0.4) is 0 Å². The predicted octanol–water partition coefficient (Wildman–Crippen LogP) is 4.98. The lowest BCUT2D eigenvalue weighted by Crippen LogP contribution is -2.01. The van der Waals surface area contributed by atoms with Gasteiger partial charge in [0.15, 0.2) is 0 Å². The maximum Gasteiger partial charge on any atom is 0.126 e. The predicted molar refractivity (Wildman–Crippen MR) is 85.8 cm³/mol. The Morgan fingerprint density at radius 1 is 1.32 bits per heavy atom. The van der Waals surface area contributed by atoms with E-state index in [1.54, 1.807) is 11.3 Å². The lowest BCUT2D eigenvalue weighted by Gasteiger charge is -2.06. The van der Waals surface area contributed by atoms with Gasteiger partial charge >= 0.3 is 0 Å². The highest BCUT2D eigenvalue weighted by Gasteiger charge is 2.04. The Morgan fingerprint density at radius 2 is 2.16 bits per heavy atom. The summed E-state index contributed by atoms with van der Waals surface area (Å²) in [5.41, 5.74) is 2.51. The molecule has 2 nitrogen and oxygen atoms in total. The second kappa shape index (κ2) is 5.31. The summed E-state index contributed by atoms with van der Waals surface area (Å²) in [6.45, 7) is 2.87. The molecule has 0 saturated carbocycles. The van der Waals surface area contributed by atoms with Crippen molar-refractivity contribution in [2.24, 2.45) is 0 Å². The number of aryl methyl sites for hydroxylation is 1. The number of thiophene rings is 1. The number of nitrogens with one attached hydrogen (secondary N) is 1. The summed E-state index contributed by atoms with van der Waals surface area (Å²) in [7, 11) is 0. The molecule has 0 bridgehead atoms. The van der Waals surface area contributed by atoms with E-state index in [4.69, 9.17) is 0 Å². The van der Waals surface area contributed by atoms with Crippen LogP contribution in [0.25, 0.3) is 10.1 Å². The lowest BCUT2D eigenvalue weighted by molar-refractivity contribution is 1.12. The molecule has 0 atom stereocenters. The van der Waals surface area contributed by atoms with Crippen LogP contribution in [0.4, 0.5) is 5.82 Å². The first-order chi connectivity index (χ1) is 9.24. The van der Waals surface area contributed by atoms with Gasteiger partial charge in [-0.15, -0.1) is 11.3 Å². The number of pyridine rings is 1. The normalized spacial score (nSPS) is 10.8. The molecule has 3 rings (SSSR count). The highest BCUT2D eigenvalue weighted by molar-refractivity contribution is 9.10. The van der Waals surface area contributed by atoms with Gasteiger partial charge in [-0.05, 0) is 56.9 Å². The maximum atomic E-state index is 4.36. The average molecular weight is 333 g/mol. The molecule has 0 fully saturated rings. The lowest BCUT2D eigenvalue weighted by atomic mass is 10.2. The molecule has 3 aromatic rings. The number of benzene rings is 1. The first-order valence-corrected chi connectivity index (χ1v) is 7.72. The molecule has 0 saturated heterocycles. The monoisotopic (exact) mass is 332 g/mol. The third-order valence-corrected chi connectivity index (χ3v) is 4.91. The Morgan fingerprint density at radius 3 is 3.00 bits per heavy atom. The van der Waals surface area contributed by atoms with E-state index in [9.17, 15) is 0 Å².